The summed E-state index contributed by atoms with van der Waals surface area (Å²) in [6.07, 6.45) is 5.52. The Bertz CT molecular complexity index is 743. The smallest absolute Gasteiger partial charge is 0.119 e. The minimum absolute atomic E-state index is 0.111. The largest absolute Gasteiger partial charge is 0.494 e. The zero-order valence-electron chi connectivity index (χ0n) is 20.6. The van der Waals surface area contributed by atoms with Gasteiger partial charge in [-0.15, -0.1) is 11.6 Å². The fraction of sp³-hybridized carbons (Fsp3) is 0.571. The summed E-state index contributed by atoms with van der Waals surface area (Å²) in [6.45, 7) is 10.5. The first-order chi connectivity index (χ1) is 16.1. The van der Waals surface area contributed by atoms with Crippen LogP contribution in [0.1, 0.15) is 64.0 Å². The van der Waals surface area contributed by atoms with Gasteiger partial charge in [-0.3, -0.25) is 0 Å². The van der Waals surface area contributed by atoms with E-state index in [2.05, 4.69) is 57.2 Å². The monoisotopic (exact) mass is 476 g/mol. The lowest BCUT2D eigenvalue weighted by molar-refractivity contribution is 0.0366. The maximum absolute atomic E-state index is 5.89. The molecule has 0 aliphatic carbocycles. The number of benzene rings is 2. The molecule has 0 N–H and O–H groups in total. The molecule has 0 saturated heterocycles. The maximum atomic E-state index is 5.89. The Labute approximate surface area is 205 Å². The van der Waals surface area contributed by atoms with E-state index < -0.39 is 0 Å². The maximum Gasteiger partial charge on any atom is 0.119 e. The van der Waals surface area contributed by atoms with E-state index in [-0.39, 0.29) is 5.41 Å². The molecule has 0 atom stereocenters. The normalized spacial score (nSPS) is 11.5. The van der Waals surface area contributed by atoms with Crippen molar-refractivity contribution < 1.29 is 18.9 Å². The predicted molar refractivity (Wildman–Crippen MR) is 137 cm³/mol. The van der Waals surface area contributed by atoms with Gasteiger partial charge in [-0.2, -0.15) is 0 Å². The first-order valence-corrected chi connectivity index (χ1v) is 12.8. The minimum Gasteiger partial charge on any atom is -0.494 e. The van der Waals surface area contributed by atoms with Gasteiger partial charge in [0.1, 0.15) is 18.1 Å². The summed E-state index contributed by atoms with van der Waals surface area (Å²) in [4.78, 5) is 0. The summed E-state index contributed by atoms with van der Waals surface area (Å²) >= 11 is 5.72. The van der Waals surface area contributed by atoms with Crippen molar-refractivity contribution in [3.63, 3.8) is 0 Å². The van der Waals surface area contributed by atoms with Gasteiger partial charge in [-0.1, -0.05) is 57.9 Å². The fourth-order valence-electron chi connectivity index (χ4n) is 3.53. The second-order valence-electron chi connectivity index (χ2n) is 8.70. The molecular weight excluding hydrogens is 436 g/mol. The van der Waals surface area contributed by atoms with Gasteiger partial charge in [0.2, 0.25) is 0 Å². The first kappa shape index (κ1) is 27.5. The Kier molecular flexibility index (Phi) is 13.3. The second-order valence-corrected chi connectivity index (χ2v) is 9.08. The highest BCUT2D eigenvalue weighted by Gasteiger charge is 2.23. The standard InChI is InChI=1S/C28H41ClO4/c1-4-18-30-20-21-31-22-23-33-27-15-11-25(12-16-27)28(2,3)24-9-13-26(14-10-24)32-19-8-6-5-7-17-29/h9-16H,4-8,17-23H2,1-3H3. The van der Waals surface area contributed by atoms with Gasteiger partial charge in [0.25, 0.3) is 0 Å². The molecule has 0 aliphatic rings. The van der Waals surface area contributed by atoms with Crippen LogP contribution < -0.4 is 9.47 Å². The van der Waals surface area contributed by atoms with E-state index >= 15 is 0 Å². The summed E-state index contributed by atoms with van der Waals surface area (Å²) in [5.74, 6) is 2.53. The van der Waals surface area contributed by atoms with Gasteiger partial charge in [-0.05, 0) is 54.7 Å². The van der Waals surface area contributed by atoms with Crippen molar-refractivity contribution in [3.8, 4) is 11.5 Å². The molecule has 0 radical (unpaired) electrons. The van der Waals surface area contributed by atoms with E-state index in [0.717, 1.165) is 49.9 Å². The molecule has 0 aliphatic heterocycles. The third-order valence-electron chi connectivity index (χ3n) is 5.67. The lowest BCUT2D eigenvalue weighted by Gasteiger charge is -2.26. The average molecular weight is 477 g/mol. The van der Waals surface area contributed by atoms with Crippen LogP contribution in [0.5, 0.6) is 11.5 Å². The van der Waals surface area contributed by atoms with E-state index in [1.165, 1.54) is 24.0 Å². The molecule has 0 amide bonds. The molecule has 0 heterocycles. The van der Waals surface area contributed by atoms with Crippen LogP contribution in [-0.4, -0.2) is 45.5 Å². The summed E-state index contributed by atoms with van der Waals surface area (Å²) in [5.41, 5.74) is 2.39. The average Bonchev–Trinajstić information content (AvgIpc) is 2.83. The zero-order chi connectivity index (χ0) is 23.8. The van der Waals surface area contributed by atoms with Gasteiger partial charge < -0.3 is 18.9 Å². The molecule has 0 fully saturated rings. The number of hydrogen-bond donors (Lipinski definition) is 0. The number of ether oxygens (including phenoxy) is 4. The topological polar surface area (TPSA) is 36.9 Å². The molecule has 0 spiro atoms. The van der Waals surface area contributed by atoms with E-state index in [4.69, 9.17) is 30.5 Å². The molecule has 2 rings (SSSR count). The van der Waals surface area contributed by atoms with Gasteiger partial charge in [0.15, 0.2) is 0 Å². The van der Waals surface area contributed by atoms with Crippen molar-refractivity contribution in [1.82, 2.24) is 0 Å². The third kappa shape index (κ3) is 10.4. The lowest BCUT2D eigenvalue weighted by atomic mass is 9.78. The van der Waals surface area contributed by atoms with Crippen LogP contribution in [0.25, 0.3) is 0 Å². The predicted octanol–water partition coefficient (Wildman–Crippen LogP) is 7.01. The molecule has 184 valence electrons. The summed E-state index contributed by atoms with van der Waals surface area (Å²) in [6, 6.07) is 16.8. The highest BCUT2D eigenvalue weighted by Crippen LogP contribution is 2.33. The van der Waals surface area contributed by atoms with Crippen LogP contribution in [-0.2, 0) is 14.9 Å². The zero-order valence-corrected chi connectivity index (χ0v) is 21.4. The quantitative estimate of drug-likeness (QED) is 0.171. The SMILES string of the molecule is CCCOCCOCCOc1ccc(C(C)(C)c2ccc(OCCCCCCCl)cc2)cc1. The minimum atomic E-state index is -0.111. The number of halogens is 1. The molecule has 2 aromatic carbocycles. The lowest BCUT2D eigenvalue weighted by Crippen LogP contribution is -2.18. The molecule has 0 saturated carbocycles. The van der Waals surface area contributed by atoms with Crippen LogP contribution >= 0.6 is 11.6 Å². The van der Waals surface area contributed by atoms with Crippen molar-refractivity contribution in [2.24, 2.45) is 0 Å². The second kappa shape index (κ2) is 16.0. The molecule has 4 nitrogen and oxygen atoms in total. The third-order valence-corrected chi connectivity index (χ3v) is 5.93. The Hall–Kier alpha value is -1.75. The Balaban J connectivity index is 1.76. The summed E-state index contributed by atoms with van der Waals surface area (Å²) in [7, 11) is 0. The number of hydrogen-bond acceptors (Lipinski definition) is 4. The Morgan fingerprint density at radius 2 is 1.09 bits per heavy atom. The summed E-state index contributed by atoms with van der Waals surface area (Å²) < 4.78 is 22.6. The highest BCUT2D eigenvalue weighted by atomic mass is 35.5. The molecule has 33 heavy (non-hydrogen) atoms. The molecule has 5 heteroatoms. The molecular formula is C28H41ClO4. The highest BCUT2D eigenvalue weighted by molar-refractivity contribution is 6.17. The van der Waals surface area contributed by atoms with Crippen molar-refractivity contribution in [2.75, 3.05) is 45.5 Å². The van der Waals surface area contributed by atoms with E-state index in [1.54, 1.807) is 0 Å². The van der Waals surface area contributed by atoms with Crippen LogP contribution in [0, 0.1) is 0 Å². The van der Waals surface area contributed by atoms with E-state index in [0.29, 0.717) is 26.4 Å². The number of rotatable bonds is 18. The van der Waals surface area contributed by atoms with Gasteiger partial charge in [-0.25, -0.2) is 0 Å². The Morgan fingerprint density at radius 3 is 1.64 bits per heavy atom. The molecule has 0 aromatic heterocycles. The molecule has 0 unspecified atom stereocenters. The fourth-order valence-corrected chi connectivity index (χ4v) is 3.72. The van der Waals surface area contributed by atoms with E-state index in [1.807, 2.05) is 12.1 Å². The molecule has 2 aromatic rings. The van der Waals surface area contributed by atoms with Gasteiger partial charge >= 0.3 is 0 Å². The van der Waals surface area contributed by atoms with Gasteiger partial charge in [0.05, 0.1) is 26.4 Å². The van der Waals surface area contributed by atoms with Crippen LogP contribution in [0.15, 0.2) is 48.5 Å². The first-order valence-electron chi connectivity index (χ1n) is 12.3. The van der Waals surface area contributed by atoms with Crippen LogP contribution in [0.3, 0.4) is 0 Å². The van der Waals surface area contributed by atoms with Crippen molar-refractivity contribution in [2.45, 2.75) is 58.3 Å². The number of unbranched alkanes of at least 4 members (excludes halogenated alkanes) is 3. The number of alkyl halides is 1. The summed E-state index contributed by atoms with van der Waals surface area (Å²) in [5, 5.41) is 0. The van der Waals surface area contributed by atoms with Crippen molar-refractivity contribution >= 4 is 11.6 Å². The van der Waals surface area contributed by atoms with Gasteiger partial charge in [0, 0.05) is 17.9 Å². The van der Waals surface area contributed by atoms with E-state index in [9.17, 15) is 0 Å². The van der Waals surface area contributed by atoms with Crippen molar-refractivity contribution in [1.29, 1.82) is 0 Å². The van der Waals surface area contributed by atoms with Crippen LogP contribution in [0.4, 0.5) is 0 Å². The molecule has 0 bridgehead atoms. The van der Waals surface area contributed by atoms with Crippen LogP contribution in [0.2, 0.25) is 0 Å². The Morgan fingerprint density at radius 1 is 0.606 bits per heavy atom. The van der Waals surface area contributed by atoms with Crippen molar-refractivity contribution in [3.05, 3.63) is 59.7 Å².